The highest BCUT2D eigenvalue weighted by Crippen LogP contribution is 2.23. The second-order valence-electron chi connectivity index (χ2n) is 5.00. The van der Waals surface area contributed by atoms with Crippen LogP contribution >= 0.6 is 0 Å². The molecule has 1 aliphatic carbocycles. The molecule has 1 saturated carbocycles. The minimum atomic E-state index is -0.0477. The van der Waals surface area contributed by atoms with Crippen molar-refractivity contribution in [1.29, 1.82) is 0 Å². The van der Waals surface area contributed by atoms with Gasteiger partial charge >= 0.3 is 0 Å². The van der Waals surface area contributed by atoms with Crippen molar-refractivity contribution in [2.45, 2.75) is 38.6 Å². The summed E-state index contributed by atoms with van der Waals surface area (Å²) in [6.07, 6.45) is 6.10. The molecule has 18 heavy (non-hydrogen) atoms. The van der Waals surface area contributed by atoms with E-state index < -0.39 is 0 Å². The molecular weight excluding hydrogens is 228 g/mol. The molecule has 0 saturated heterocycles. The predicted octanol–water partition coefficient (Wildman–Crippen LogP) is 1.68. The van der Waals surface area contributed by atoms with E-state index in [4.69, 9.17) is 5.84 Å². The van der Waals surface area contributed by atoms with Gasteiger partial charge in [0.05, 0.1) is 0 Å². The number of carbonyl (C=O) groups excluding carboxylic acids is 1. The van der Waals surface area contributed by atoms with E-state index in [0.29, 0.717) is 17.4 Å². The molecular formula is C13H20N4O. The number of amides is 1. The Labute approximate surface area is 107 Å². The Bertz CT molecular complexity index is 413. The first-order valence-corrected chi connectivity index (χ1v) is 6.42. The number of hydrogen-bond donors (Lipinski definition) is 3. The van der Waals surface area contributed by atoms with Crippen molar-refractivity contribution in [2.75, 3.05) is 5.43 Å². The summed E-state index contributed by atoms with van der Waals surface area (Å²) in [5.74, 6) is 6.51. The molecule has 0 spiro atoms. The number of carbonyl (C=O) groups is 1. The molecule has 0 aliphatic heterocycles. The monoisotopic (exact) mass is 248 g/mol. The fraction of sp³-hybridized carbons (Fsp3) is 0.538. The van der Waals surface area contributed by atoms with Crippen LogP contribution in [-0.2, 0) is 0 Å². The molecule has 0 bridgehead atoms. The van der Waals surface area contributed by atoms with Crippen molar-refractivity contribution in [2.24, 2.45) is 11.8 Å². The predicted molar refractivity (Wildman–Crippen MR) is 70.9 cm³/mol. The van der Waals surface area contributed by atoms with Crippen LogP contribution in [0.1, 0.15) is 43.0 Å². The van der Waals surface area contributed by atoms with Crippen molar-refractivity contribution in [3.8, 4) is 0 Å². The van der Waals surface area contributed by atoms with Crippen molar-refractivity contribution < 1.29 is 4.79 Å². The lowest BCUT2D eigenvalue weighted by Gasteiger charge is -2.26. The largest absolute Gasteiger partial charge is 0.349 e. The SMILES string of the molecule is CC1CCC(NC(=O)c2ccnc(NN)c2)CC1. The Morgan fingerprint density at radius 3 is 2.78 bits per heavy atom. The van der Waals surface area contributed by atoms with Crippen molar-refractivity contribution in [3.05, 3.63) is 23.9 Å². The number of aromatic nitrogens is 1. The lowest BCUT2D eigenvalue weighted by molar-refractivity contribution is 0.0923. The fourth-order valence-electron chi connectivity index (χ4n) is 2.32. The van der Waals surface area contributed by atoms with Gasteiger partial charge in [-0.2, -0.15) is 0 Å². The van der Waals surface area contributed by atoms with Crippen molar-refractivity contribution in [1.82, 2.24) is 10.3 Å². The summed E-state index contributed by atoms with van der Waals surface area (Å²) in [6, 6.07) is 3.65. The minimum Gasteiger partial charge on any atom is -0.349 e. The summed E-state index contributed by atoms with van der Waals surface area (Å²) in [5, 5.41) is 3.07. The Kier molecular flexibility index (Phi) is 4.15. The molecule has 98 valence electrons. The average molecular weight is 248 g/mol. The standard InChI is InChI=1S/C13H20N4O/c1-9-2-4-11(5-3-9)16-13(18)10-6-7-15-12(8-10)17-14/h6-9,11H,2-5,14H2,1H3,(H,15,17)(H,16,18). The summed E-state index contributed by atoms with van der Waals surface area (Å²) in [4.78, 5) is 16.0. The van der Waals surface area contributed by atoms with Crippen LogP contribution < -0.4 is 16.6 Å². The first kappa shape index (κ1) is 12.8. The lowest BCUT2D eigenvalue weighted by atomic mass is 9.87. The number of nitrogens with two attached hydrogens (primary N) is 1. The summed E-state index contributed by atoms with van der Waals surface area (Å²) < 4.78 is 0. The van der Waals surface area contributed by atoms with Crippen LogP contribution in [0.4, 0.5) is 5.82 Å². The number of hydrogen-bond acceptors (Lipinski definition) is 4. The third-order valence-corrected chi connectivity index (χ3v) is 3.52. The van der Waals surface area contributed by atoms with E-state index in [0.717, 1.165) is 18.8 Å². The second kappa shape index (κ2) is 5.82. The first-order valence-electron chi connectivity index (χ1n) is 6.42. The van der Waals surface area contributed by atoms with Crippen molar-refractivity contribution >= 4 is 11.7 Å². The van der Waals surface area contributed by atoms with Gasteiger partial charge in [-0.05, 0) is 43.7 Å². The maximum atomic E-state index is 12.1. The van der Waals surface area contributed by atoms with Crippen LogP contribution in [0.25, 0.3) is 0 Å². The molecule has 1 amide bonds. The highest BCUT2D eigenvalue weighted by Gasteiger charge is 2.20. The summed E-state index contributed by atoms with van der Waals surface area (Å²) in [7, 11) is 0. The zero-order valence-corrected chi connectivity index (χ0v) is 10.6. The van der Waals surface area contributed by atoms with Crippen LogP contribution in [-0.4, -0.2) is 16.9 Å². The minimum absolute atomic E-state index is 0.0477. The van der Waals surface area contributed by atoms with Gasteiger partial charge in [-0.3, -0.25) is 4.79 Å². The number of pyridine rings is 1. The number of nitrogens with one attached hydrogen (secondary N) is 2. The zero-order chi connectivity index (χ0) is 13.0. The van der Waals surface area contributed by atoms with Crippen LogP contribution in [0.2, 0.25) is 0 Å². The molecule has 5 nitrogen and oxygen atoms in total. The van der Waals surface area contributed by atoms with Gasteiger partial charge in [0.15, 0.2) is 0 Å². The molecule has 1 aromatic rings. The molecule has 0 aromatic carbocycles. The van der Waals surface area contributed by atoms with Gasteiger partial charge in [0.2, 0.25) is 0 Å². The van der Waals surface area contributed by atoms with Crippen LogP contribution in [0.5, 0.6) is 0 Å². The summed E-state index contributed by atoms with van der Waals surface area (Å²) in [6.45, 7) is 2.26. The number of nitrogens with zero attached hydrogens (tertiary/aromatic N) is 1. The lowest BCUT2D eigenvalue weighted by Crippen LogP contribution is -2.37. The normalized spacial score (nSPS) is 23.4. The second-order valence-corrected chi connectivity index (χ2v) is 5.00. The highest BCUT2D eigenvalue weighted by atomic mass is 16.1. The van der Waals surface area contributed by atoms with E-state index in [1.807, 2.05) is 0 Å². The molecule has 4 N–H and O–H groups in total. The van der Waals surface area contributed by atoms with Gasteiger partial charge < -0.3 is 10.7 Å². The maximum absolute atomic E-state index is 12.1. The summed E-state index contributed by atoms with van der Waals surface area (Å²) in [5.41, 5.74) is 3.03. The Morgan fingerprint density at radius 2 is 2.11 bits per heavy atom. The average Bonchev–Trinajstić information content (AvgIpc) is 2.41. The van der Waals surface area contributed by atoms with Gasteiger partial charge in [-0.15, -0.1) is 0 Å². The molecule has 0 radical (unpaired) electrons. The van der Waals surface area contributed by atoms with Gasteiger partial charge in [0, 0.05) is 17.8 Å². The molecule has 0 atom stereocenters. The molecule has 1 aliphatic rings. The quantitative estimate of drug-likeness (QED) is 0.561. The van der Waals surface area contributed by atoms with Gasteiger partial charge in [-0.1, -0.05) is 6.92 Å². The molecule has 5 heteroatoms. The Morgan fingerprint density at radius 1 is 1.39 bits per heavy atom. The molecule has 1 fully saturated rings. The topological polar surface area (TPSA) is 80.0 Å². The van der Waals surface area contributed by atoms with E-state index >= 15 is 0 Å². The number of anilines is 1. The Hall–Kier alpha value is -1.62. The van der Waals surface area contributed by atoms with E-state index in [1.54, 1.807) is 18.3 Å². The van der Waals surface area contributed by atoms with E-state index in [9.17, 15) is 4.79 Å². The molecule has 1 heterocycles. The number of rotatable bonds is 3. The van der Waals surface area contributed by atoms with Crippen LogP contribution in [0.15, 0.2) is 18.3 Å². The zero-order valence-electron chi connectivity index (χ0n) is 10.6. The fourth-order valence-corrected chi connectivity index (χ4v) is 2.32. The van der Waals surface area contributed by atoms with Crippen LogP contribution in [0.3, 0.4) is 0 Å². The van der Waals surface area contributed by atoms with Gasteiger partial charge in [0.1, 0.15) is 5.82 Å². The van der Waals surface area contributed by atoms with Crippen molar-refractivity contribution in [3.63, 3.8) is 0 Å². The summed E-state index contributed by atoms with van der Waals surface area (Å²) >= 11 is 0. The van der Waals surface area contributed by atoms with Gasteiger partial charge in [0.25, 0.3) is 5.91 Å². The highest BCUT2D eigenvalue weighted by molar-refractivity contribution is 5.94. The number of nitrogen functional groups attached to an aromatic ring is 1. The van der Waals surface area contributed by atoms with E-state index in [-0.39, 0.29) is 5.91 Å². The van der Waals surface area contributed by atoms with Gasteiger partial charge in [-0.25, -0.2) is 10.8 Å². The Balaban J connectivity index is 1.94. The third kappa shape index (κ3) is 3.20. The number of hydrazine groups is 1. The van der Waals surface area contributed by atoms with Crippen LogP contribution in [0, 0.1) is 5.92 Å². The maximum Gasteiger partial charge on any atom is 0.251 e. The third-order valence-electron chi connectivity index (χ3n) is 3.52. The first-order chi connectivity index (χ1) is 8.69. The smallest absolute Gasteiger partial charge is 0.251 e. The molecule has 1 aromatic heterocycles. The molecule has 2 rings (SSSR count). The van der Waals surface area contributed by atoms with E-state index in [1.165, 1.54) is 12.8 Å². The molecule has 0 unspecified atom stereocenters. The van der Waals surface area contributed by atoms with E-state index in [2.05, 4.69) is 22.7 Å².